The van der Waals surface area contributed by atoms with Gasteiger partial charge >= 0.3 is 6.09 Å². The molecule has 1 amide bonds. The molecule has 4 rings (SSSR count). The van der Waals surface area contributed by atoms with Gasteiger partial charge in [-0.25, -0.2) is 15.3 Å². The first-order valence-corrected chi connectivity index (χ1v) is 9.71. The summed E-state index contributed by atoms with van der Waals surface area (Å²) in [5, 5.41) is 12.4. The Kier molecular flexibility index (Phi) is 5.92. The molecule has 3 aromatic carbocycles. The summed E-state index contributed by atoms with van der Waals surface area (Å²) in [5.74, 6) is 0.345. The van der Waals surface area contributed by atoms with Crippen molar-refractivity contribution in [2.24, 2.45) is 9.98 Å². The van der Waals surface area contributed by atoms with Crippen LogP contribution in [0.15, 0.2) is 82.8 Å². The van der Waals surface area contributed by atoms with Crippen LogP contribution in [-0.2, 0) is 4.84 Å². The first kappa shape index (κ1) is 20.1. The van der Waals surface area contributed by atoms with Crippen molar-refractivity contribution < 1.29 is 9.63 Å². The van der Waals surface area contributed by atoms with Gasteiger partial charge in [0.15, 0.2) is 5.84 Å². The molecule has 0 fully saturated rings. The number of nitriles is 1. The van der Waals surface area contributed by atoms with E-state index in [1.807, 2.05) is 30.3 Å². The predicted molar refractivity (Wildman–Crippen MR) is 120 cm³/mol. The fourth-order valence-electron chi connectivity index (χ4n) is 3.03. The molecular formula is C23H16ClN5O2. The van der Waals surface area contributed by atoms with Gasteiger partial charge in [0.2, 0.25) is 0 Å². The summed E-state index contributed by atoms with van der Waals surface area (Å²) in [7, 11) is 0. The van der Waals surface area contributed by atoms with E-state index < -0.39 is 6.09 Å². The van der Waals surface area contributed by atoms with Gasteiger partial charge in [-0.15, -0.1) is 0 Å². The molecule has 2 N–H and O–H groups in total. The van der Waals surface area contributed by atoms with Gasteiger partial charge in [-0.2, -0.15) is 5.26 Å². The molecule has 1 aliphatic heterocycles. The topological polar surface area (TPSA) is 98.9 Å². The average Bonchev–Trinajstić information content (AvgIpc) is 2.97. The van der Waals surface area contributed by atoms with Gasteiger partial charge in [-0.05, 0) is 36.4 Å². The Morgan fingerprint density at radius 3 is 2.68 bits per heavy atom. The Hall–Kier alpha value is -4.15. The fraction of sp³-hybridized carbons (Fsp3) is 0.0435. The molecule has 0 saturated heterocycles. The first-order valence-electron chi connectivity index (χ1n) is 9.34. The van der Waals surface area contributed by atoms with Crippen molar-refractivity contribution in [3.8, 4) is 6.07 Å². The van der Waals surface area contributed by atoms with Crippen LogP contribution in [0.25, 0.3) is 0 Å². The zero-order valence-corrected chi connectivity index (χ0v) is 16.9. The highest BCUT2D eigenvalue weighted by molar-refractivity contribution is 6.30. The van der Waals surface area contributed by atoms with Gasteiger partial charge in [-0.1, -0.05) is 48.0 Å². The number of halogens is 1. The summed E-state index contributed by atoms with van der Waals surface area (Å²) in [4.78, 5) is 26.4. The van der Waals surface area contributed by atoms with E-state index in [0.29, 0.717) is 33.5 Å². The Bertz CT molecular complexity index is 1230. The number of amidine groups is 1. The molecule has 0 radical (unpaired) electrons. The molecule has 3 aromatic rings. The molecule has 1 heterocycles. The largest absolute Gasteiger partial charge is 0.435 e. The van der Waals surface area contributed by atoms with Crippen LogP contribution in [0.3, 0.4) is 0 Å². The zero-order chi connectivity index (χ0) is 21.6. The molecule has 7 nitrogen and oxygen atoms in total. The summed E-state index contributed by atoms with van der Waals surface area (Å²) in [5.41, 5.74) is 6.52. The lowest BCUT2D eigenvalue weighted by molar-refractivity contribution is 0.134. The summed E-state index contributed by atoms with van der Waals surface area (Å²) >= 11 is 5.92. The molecule has 152 valence electrons. The lowest BCUT2D eigenvalue weighted by atomic mass is 9.99. The van der Waals surface area contributed by atoms with Gasteiger partial charge < -0.3 is 4.84 Å². The molecule has 8 heteroatoms. The molecule has 0 saturated carbocycles. The van der Waals surface area contributed by atoms with Crippen LogP contribution < -0.4 is 10.8 Å². The summed E-state index contributed by atoms with van der Waals surface area (Å²) in [6, 6.07) is 23.7. The SMILES string of the molecule is N#Cc1ccc2c(c1)C(c1ccccc1)=NCC(NOC(=O)Nc1cccc(Cl)c1)=N2. The Labute approximate surface area is 183 Å². The van der Waals surface area contributed by atoms with Crippen LogP contribution in [0.1, 0.15) is 16.7 Å². The first-order chi connectivity index (χ1) is 15.1. The third kappa shape index (κ3) is 4.89. The highest BCUT2D eigenvalue weighted by atomic mass is 35.5. The number of rotatable bonds is 2. The van der Waals surface area contributed by atoms with Crippen LogP contribution in [0.4, 0.5) is 16.2 Å². The lowest BCUT2D eigenvalue weighted by Gasteiger charge is -2.09. The number of nitrogens with one attached hydrogen (secondary N) is 2. The van der Waals surface area contributed by atoms with Crippen LogP contribution in [-0.4, -0.2) is 24.2 Å². The normalized spacial score (nSPS) is 12.4. The second-order valence-corrected chi connectivity index (χ2v) is 7.00. The van der Waals surface area contributed by atoms with Crippen LogP contribution in [0.5, 0.6) is 0 Å². The maximum Gasteiger partial charge on any atom is 0.435 e. The zero-order valence-electron chi connectivity index (χ0n) is 16.2. The van der Waals surface area contributed by atoms with Gasteiger partial charge in [-0.3, -0.25) is 10.3 Å². The van der Waals surface area contributed by atoms with Crippen LogP contribution >= 0.6 is 11.6 Å². The van der Waals surface area contributed by atoms with Crippen molar-refractivity contribution in [1.29, 1.82) is 5.26 Å². The summed E-state index contributed by atoms with van der Waals surface area (Å²) < 4.78 is 0. The van der Waals surface area contributed by atoms with Crippen LogP contribution in [0.2, 0.25) is 5.02 Å². The van der Waals surface area contributed by atoms with Gasteiger partial charge in [0, 0.05) is 21.8 Å². The van der Waals surface area contributed by atoms with E-state index in [-0.39, 0.29) is 6.54 Å². The number of carbonyl (C=O) groups excluding carboxylic acids is 1. The van der Waals surface area contributed by atoms with E-state index in [1.165, 1.54) is 0 Å². The van der Waals surface area contributed by atoms with E-state index in [4.69, 9.17) is 16.4 Å². The number of benzene rings is 3. The monoisotopic (exact) mass is 429 g/mol. The van der Waals surface area contributed by atoms with Crippen molar-refractivity contribution in [2.75, 3.05) is 11.9 Å². The second-order valence-electron chi connectivity index (χ2n) is 6.56. The Balaban J connectivity index is 1.55. The summed E-state index contributed by atoms with van der Waals surface area (Å²) in [6.07, 6.45) is -0.721. The van der Waals surface area contributed by atoms with Crippen molar-refractivity contribution in [3.63, 3.8) is 0 Å². The van der Waals surface area contributed by atoms with Gasteiger partial charge in [0.1, 0.15) is 6.54 Å². The molecule has 0 unspecified atom stereocenters. The maximum absolute atomic E-state index is 12.1. The van der Waals surface area contributed by atoms with Crippen molar-refractivity contribution >= 4 is 40.6 Å². The molecule has 1 aliphatic rings. The fourth-order valence-corrected chi connectivity index (χ4v) is 3.22. The van der Waals surface area contributed by atoms with E-state index >= 15 is 0 Å². The van der Waals surface area contributed by atoms with Crippen molar-refractivity contribution in [2.45, 2.75) is 0 Å². The number of hydroxylamine groups is 1. The molecule has 0 bridgehead atoms. The standard InChI is InChI=1S/C23H16ClN5O2/c24-17-7-4-8-18(12-17)27-23(30)31-29-21-14-26-22(16-5-2-1-3-6-16)19-11-15(13-25)9-10-20(19)28-21/h1-12H,14H2,(H,27,30)(H,28,29). The number of hydrogen-bond donors (Lipinski definition) is 2. The van der Waals surface area contributed by atoms with E-state index in [0.717, 1.165) is 11.1 Å². The average molecular weight is 430 g/mol. The summed E-state index contributed by atoms with van der Waals surface area (Å²) in [6.45, 7) is 0.158. The molecule has 0 aromatic heterocycles. The number of aliphatic imine (C=N–C) groups is 2. The predicted octanol–water partition coefficient (Wildman–Crippen LogP) is 4.85. The van der Waals surface area contributed by atoms with E-state index in [1.54, 1.807) is 42.5 Å². The van der Waals surface area contributed by atoms with Gasteiger partial charge in [0.05, 0.1) is 23.0 Å². The lowest BCUT2D eigenvalue weighted by Crippen LogP contribution is -2.31. The maximum atomic E-state index is 12.1. The smallest absolute Gasteiger partial charge is 0.323 e. The molecular weight excluding hydrogens is 414 g/mol. The minimum Gasteiger partial charge on any atom is -0.323 e. The molecule has 0 spiro atoms. The molecule has 0 atom stereocenters. The Morgan fingerprint density at radius 2 is 1.90 bits per heavy atom. The van der Waals surface area contributed by atoms with Gasteiger partial charge in [0.25, 0.3) is 0 Å². The quantitative estimate of drug-likeness (QED) is 0.569. The van der Waals surface area contributed by atoms with Crippen LogP contribution in [0, 0.1) is 11.3 Å². The number of amides is 1. The minimum atomic E-state index is -0.721. The minimum absolute atomic E-state index is 0.158. The third-order valence-corrected chi connectivity index (χ3v) is 4.64. The molecule has 31 heavy (non-hydrogen) atoms. The Morgan fingerprint density at radius 1 is 1.06 bits per heavy atom. The number of fused-ring (bicyclic) bond motifs is 1. The van der Waals surface area contributed by atoms with E-state index in [9.17, 15) is 10.1 Å². The number of hydrogen-bond acceptors (Lipinski definition) is 6. The number of nitrogens with zero attached hydrogens (tertiary/aromatic N) is 3. The van der Waals surface area contributed by atoms with E-state index in [2.05, 4.69) is 26.9 Å². The molecule has 0 aliphatic carbocycles. The van der Waals surface area contributed by atoms with Crippen molar-refractivity contribution in [1.82, 2.24) is 5.48 Å². The number of anilines is 1. The van der Waals surface area contributed by atoms with Crippen molar-refractivity contribution in [3.05, 3.63) is 94.5 Å². The highest BCUT2D eigenvalue weighted by Crippen LogP contribution is 2.26. The third-order valence-electron chi connectivity index (χ3n) is 4.40. The second kappa shape index (κ2) is 9.11. The highest BCUT2D eigenvalue weighted by Gasteiger charge is 2.17. The number of carbonyl (C=O) groups is 1.